The van der Waals surface area contributed by atoms with Crippen LogP contribution in [-0.2, 0) is 0 Å². The predicted molar refractivity (Wildman–Crippen MR) is 48.7 cm³/mol. The van der Waals surface area contributed by atoms with E-state index in [2.05, 4.69) is 25.9 Å². The van der Waals surface area contributed by atoms with Gasteiger partial charge in [0.1, 0.15) is 7.05 Å². The Morgan fingerprint density at radius 1 is 1.55 bits per heavy atom. The van der Waals surface area contributed by atoms with E-state index in [1.54, 1.807) is 5.71 Å². The summed E-state index contributed by atoms with van der Waals surface area (Å²) in [7, 11) is 2.05. The summed E-state index contributed by atoms with van der Waals surface area (Å²) in [6.07, 6.45) is 5.32. The van der Waals surface area contributed by atoms with Gasteiger partial charge in [-0.3, -0.25) is 4.99 Å². The molecule has 1 heteroatoms. The summed E-state index contributed by atoms with van der Waals surface area (Å²) in [5.74, 6) is 2.00. The molecule has 0 spiro atoms. The van der Waals surface area contributed by atoms with Crippen LogP contribution < -0.4 is 4.99 Å². The second kappa shape index (κ2) is 3.89. The molecular weight excluding hydrogens is 134 g/mol. The molecule has 0 aromatic rings. The van der Waals surface area contributed by atoms with E-state index in [-0.39, 0.29) is 0 Å². The zero-order valence-electron chi connectivity index (χ0n) is 7.98. The van der Waals surface area contributed by atoms with Gasteiger partial charge in [-0.05, 0) is 24.7 Å². The number of nitrogens with one attached hydrogen (secondary N) is 1. The standard InChI is InChI=1S/C10H19N/c1-4-5-10(11-3)7-9-6-8(9)2/h8-9H,4-7H2,1-3H3/p+1/t8-,9?/m0/s1. The highest BCUT2D eigenvalue weighted by atomic mass is 14.7. The van der Waals surface area contributed by atoms with Crippen molar-refractivity contribution >= 4 is 5.71 Å². The van der Waals surface area contributed by atoms with Crippen molar-refractivity contribution in [3.05, 3.63) is 0 Å². The lowest BCUT2D eigenvalue weighted by atomic mass is 10.1. The maximum atomic E-state index is 3.31. The Morgan fingerprint density at radius 3 is 2.55 bits per heavy atom. The van der Waals surface area contributed by atoms with Gasteiger partial charge in [0.05, 0.1) is 0 Å². The average molecular weight is 154 g/mol. The van der Waals surface area contributed by atoms with Crippen molar-refractivity contribution in [2.75, 3.05) is 7.05 Å². The zero-order valence-corrected chi connectivity index (χ0v) is 7.98. The molecule has 1 fully saturated rings. The third kappa shape index (κ3) is 2.64. The minimum Gasteiger partial charge on any atom is -0.252 e. The summed E-state index contributed by atoms with van der Waals surface area (Å²) in [6, 6.07) is 0. The van der Waals surface area contributed by atoms with E-state index in [1.165, 1.54) is 25.7 Å². The first kappa shape index (κ1) is 8.76. The van der Waals surface area contributed by atoms with Crippen LogP contribution >= 0.6 is 0 Å². The highest BCUT2D eigenvalue weighted by molar-refractivity contribution is 5.79. The van der Waals surface area contributed by atoms with E-state index in [4.69, 9.17) is 0 Å². The van der Waals surface area contributed by atoms with Crippen LogP contribution in [-0.4, -0.2) is 12.8 Å². The lowest BCUT2D eigenvalue weighted by Gasteiger charge is -1.95. The van der Waals surface area contributed by atoms with Gasteiger partial charge in [0.15, 0.2) is 5.71 Å². The second-order valence-corrected chi connectivity index (χ2v) is 3.78. The Hall–Kier alpha value is -0.330. The van der Waals surface area contributed by atoms with Crippen molar-refractivity contribution in [2.24, 2.45) is 11.8 Å². The lowest BCUT2D eigenvalue weighted by Crippen LogP contribution is -2.68. The van der Waals surface area contributed by atoms with E-state index in [0.717, 1.165) is 11.8 Å². The van der Waals surface area contributed by atoms with Crippen molar-refractivity contribution in [1.29, 1.82) is 0 Å². The quantitative estimate of drug-likeness (QED) is 0.580. The minimum atomic E-state index is 0.996. The molecule has 0 amide bonds. The fourth-order valence-corrected chi connectivity index (χ4v) is 1.63. The molecule has 1 rings (SSSR count). The van der Waals surface area contributed by atoms with Gasteiger partial charge in [-0.15, -0.1) is 0 Å². The SMILES string of the molecule is CCCC(CC1C[C@@H]1C)=[NH+]C. The van der Waals surface area contributed by atoms with E-state index in [0.29, 0.717) is 0 Å². The predicted octanol–water partition coefficient (Wildman–Crippen LogP) is 0.984. The van der Waals surface area contributed by atoms with Gasteiger partial charge in [-0.2, -0.15) is 0 Å². The van der Waals surface area contributed by atoms with Gasteiger partial charge in [0, 0.05) is 12.8 Å². The molecule has 0 aromatic heterocycles. The molecule has 1 unspecified atom stereocenters. The summed E-state index contributed by atoms with van der Waals surface area (Å²) in [5, 5.41) is 0. The molecule has 1 N–H and O–H groups in total. The Balaban J connectivity index is 2.22. The Bertz CT molecular complexity index is 149. The van der Waals surface area contributed by atoms with Crippen LogP contribution in [0.3, 0.4) is 0 Å². The summed E-state index contributed by atoms with van der Waals surface area (Å²) in [6.45, 7) is 4.59. The number of rotatable bonds is 4. The first-order valence-electron chi connectivity index (χ1n) is 4.80. The summed E-state index contributed by atoms with van der Waals surface area (Å²) < 4.78 is 0. The van der Waals surface area contributed by atoms with E-state index in [1.807, 2.05) is 0 Å². The summed E-state index contributed by atoms with van der Waals surface area (Å²) in [5.41, 5.74) is 1.56. The summed E-state index contributed by atoms with van der Waals surface area (Å²) in [4.78, 5) is 3.31. The highest BCUT2D eigenvalue weighted by Crippen LogP contribution is 2.40. The minimum absolute atomic E-state index is 0.996. The third-order valence-corrected chi connectivity index (χ3v) is 2.69. The normalized spacial score (nSPS) is 30.6. The van der Waals surface area contributed by atoms with Crippen LogP contribution in [0.1, 0.15) is 39.5 Å². The molecule has 0 aliphatic heterocycles. The summed E-state index contributed by atoms with van der Waals surface area (Å²) >= 11 is 0. The highest BCUT2D eigenvalue weighted by Gasteiger charge is 2.34. The maximum absolute atomic E-state index is 3.31. The van der Waals surface area contributed by atoms with Gasteiger partial charge in [-0.1, -0.05) is 13.8 Å². The van der Waals surface area contributed by atoms with Gasteiger partial charge in [-0.25, -0.2) is 0 Å². The molecule has 1 saturated carbocycles. The van der Waals surface area contributed by atoms with Gasteiger partial charge >= 0.3 is 0 Å². The smallest absolute Gasteiger partial charge is 0.150 e. The van der Waals surface area contributed by atoms with Crippen molar-refractivity contribution in [2.45, 2.75) is 39.5 Å². The Morgan fingerprint density at radius 2 is 2.18 bits per heavy atom. The Kier molecular flexibility index (Phi) is 3.10. The molecule has 1 aliphatic rings. The fraction of sp³-hybridized carbons (Fsp3) is 0.900. The third-order valence-electron chi connectivity index (χ3n) is 2.69. The van der Waals surface area contributed by atoms with Crippen molar-refractivity contribution in [3.63, 3.8) is 0 Å². The number of hydrogen-bond acceptors (Lipinski definition) is 0. The monoisotopic (exact) mass is 154 g/mol. The first-order chi connectivity index (χ1) is 5.27. The molecule has 1 aliphatic carbocycles. The molecule has 64 valence electrons. The molecule has 0 saturated heterocycles. The van der Waals surface area contributed by atoms with E-state index in [9.17, 15) is 0 Å². The maximum Gasteiger partial charge on any atom is 0.150 e. The van der Waals surface area contributed by atoms with Crippen LogP contribution in [0.2, 0.25) is 0 Å². The molecule has 11 heavy (non-hydrogen) atoms. The number of hydrogen-bond donors (Lipinski definition) is 1. The van der Waals surface area contributed by atoms with E-state index >= 15 is 0 Å². The van der Waals surface area contributed by atoms with Gasteiger partial charge < -0.3 is 0 Å². The second-order valence-electron chi connectivity index (χ2n) is 3.78. The van der Waals surface area contributed by atoms with Crippen LogP contribution in [0.15, 0.2) is 0 Å². The van der Waals surface area contributed by atoms with Crippen molar-refractivity contribution in [1.82, 2.24) is 0 Å². The topological polar surface area (TPSA) is 14.0 Å². The Labute approximate surface area is 69.9 Å². The first-order valence-corrected chi connectivity index (χ1v) is 4.80. The molecule has 2 atom stereocenters. The average Bonchev–Trinajstić information content (AvgIpc) is 2.66. The van der Waals surface area contributed by atoms with Crippen molar-refractivity contribution in [3.8, 4) is 0 Å². The van der Waals surface area contributed by atoms with Crippen LogP contribution in [0.25, 0.3) is 0 Å². The van der Waals surface area contributed by atoms with Gasteiger partial charge in [0.2, 0.25) is 0 Å². The van der Waals surface area contributed by atoms with E-state index < -0.39 is 0 Å². The van der Waals surface area contributed by atoms with Crippen LogP contribution in [0, 0.1) is 11.8 Å². The molecule has 0 aromatic carbocycles. The van der Waals surface area contributed by atoms with Crippen LogP contribution in [0.4, 0.5) is 0 Å². The lowest BCUT2D eigenvalue weighted by molar-refractivity contribution is -0.423. The van der Waals surface area contributed by atoms with Crippen molar-refractivity contribution < 1.29 is 4.99 Å². The van der Waals surface area contributed by atoms with Gasteiger partial charge in [0.25, 0.3) is 0 Å². The fourth-order valence-electron chi connectivity index (χ4n) is 1.63. The molecule has 0 bridgehead atoms. The molecule has 0 radical (unpaired) electrons. The molecule has 0 heterocycles. The zero-order chi connectivity index (χ0) is 8.27. The largest absolute Gasteiger partial charge is 0.252 e. The van der Waals surface area contributed by atoms with Crippen LogP contribution in [0.5, 0.6) is 0 Å². The molecule has 1 nitrogen and oxygen atoms in total. The molecular formula is C10H20N+.